The number of thiazole rings is 1. The Balaban J connectivity index is 2.38. The van der Waals surface area contributed by atoms with E-state index in [-0.39, 0.29) is 11.0 Å². The zero-order valence-electron chi connectivity index (χ0n) is 14.4. The lowest BCUT2D eigenvalue weighted by molar-refractivity contribution is -0.0668. The number of hydrogen-bond donors (Lipinski definition) is 1. The van der Waals surface area contributed by atoms with E-state index >= 15 is 0 Å². The molecule has 2 rings (SSSR count). The summed E-state index contributed by atoms with van der Waals surface area (Å²) in [6, 6.07) is 0. The summed E-state index contributed by atoms with van der Waals surface area (Å²) in [6.45, 7) is 11.9. The van der Waals surface area contributed by atoms with E-state index in [4.69, 9.17) is 15.5 Å². The van der Waals surface area contributed by atoms with Crippen LogP contribution in [0, 0.1) is 5.41 Å². The zero-order valence-corrected chi connectivity index (χ0v) is 15.2. The molecule has 2 N–H and O–H groups in total. The summed E-state index contributed by atoms with van der Waals surface area (Å²) in [4.78, 5) is 6.19. The van der Waals surface area contributed by atoms with Crippen LogP contribution in [0.5, 0.6) is 0 Å². The highest BCUT2D eigenvalue weighted by molar-refractivity contribution is 7.11. The zero-order chi connectivity index (χ0) is 15.9. The van der Waals surface area contributed by atoms with Gasteiger partial charge in [-0.1, -0.05) is 34.6 Å². The van der Waals surface area contributed by atoms with Crippen LogP contribution in [0.2, 0.25) is 0 Å². The molecule has 1 aliphatic carbocycles. The first-order chi connectivity index (χ1) is 9.63. The van der Waals surface area contributed by atoms with E-state index < -0.39 is 0 Å². The quantitative estimate of drug-likeness (QED) is 0.903. The summed E-state index contributed by atoms with van der Waals surface area (Å²) in [5.41, 5.74) is 7.34. The van der Waals surface area contributed by atoms with Crippen LogP contribution in [0.15, 0.2) is 0 Å². The van der Waals surface area contributed by atoms with Gasteiger partial charge >= 0.3 is 0 Å². The second kappa shape index (κ2) is 5.64. The Morgan fingerprint density at radius 1 is 1.19 bits per heavy atom. The van der Waals surface area contributed by atoms with Crippen molar-refractivity contribution in [2.45, 2.75) is 77.9 Å². The van der Waals surface area contributed by atoms with E-state index in [0.29, 0.717) is 12.0 Å². The predicted octanol–water partition coefficient (Wildman–Crippen LogP) is 4.34. The number of hydrogen-bond acceptors (Lipinski definition) is 4. The molecule has 1 heterocycles. The van der Waals surface area contributed by atoms with Crippen molar-refractivity contribution in [2.75, 3.05) is 7.11 Å². The second-order valence-electron chi connectivity index (χ2n) is 8.11. The number of ether oxygens (including phenoxy) is 1. The van der Waals surface area contributed by atoms with Gasteiger partial charge in [-0.15, -0.1) is 11.3 Å². The van der Waals surface area contributed by atoms with Gasteiger partial charge in [0.1, 0.15) is 10.6 Å². The third kappa shape index (κ3) is 3.33. The lowest BCUT2D eigenvalue weighted by Gasteiger charge is -2.41. The largest absolute Gasteiger partial charge is 0.371 e. The van der Waals surface area contributed by atoms with Gasteiger partial charge < -0.3 is 10.5 Å². The summed E-state index contributed by atoms with van der Waals surface area (Å²) in [7, 11) is 1.83. The SMILES string of the molecule is COC1(c2nc(C(C)(C)C)c(CN)s2)CCC(C)(C)CC1. The number of methoxy groups -OCH3 is 1. The van der Waals surface area contributed by atoms with Crippen LogP contribution in [-0.2, 0) is 22.3 Å². The first kappa shape index (κ1) is 16.9. The van der Waals surface area contributed by atoms with Gasteiger partial charge in [-0.05, 0) is 31.1 Å². The minimum absolute atomic E-state index is 0.0340. The topological polar surface area (TPSA) is 48.1 Å². The highest BCUT2D eigenvalue weighted by atomic mass is 32.1. The van der Waals surface area contributed by atoms with Crippen LogP contribution in [0.25, 0.3) is 0 Å². The van der Waals surface area contributed by atoms with Gasteiger partial charge in [-0.2, -0.15) is 0 Å². The monoisotopic (exact) mass is 310 g/mol. The molecule has 4 heteroatoms. The Kier molecular flexibility index (Phi) is 4.54. The summed E-state index contributed by atoms with van der Waals surface area (Å²) >= 11 is 1.76. The molecule has 120 valence electrons. The van der Waals surface area contributed by atoms with Gasteiger partial charge in [0.05, 0.1) is 5.69 Å². The maximum absolute atomic E-state index is 5.99. The third-order valence-corrected chi connectivity index (χ3v) is 6.05. The Labute approximate surface area is 133 Å². The van der Waals surface area contributed by atoms with Crippen molar-refractivity contribution in [1.29, 1.82) is 0 Å². The van der Waals surface area contributed by atoms with E-state index in [1.54, 1.807) is 11.3 Å². The molecule has 0 aliphatic heterocycles. The van der Waals surface area contributed by atoms with Crippen LogP contribution < -0.4 is 5.73 Å². The fourth-order valence-electron chi connectivity index (χ4n) is 3.11. The standard InChI is InChI=1S/C17H30N2OS/c1-15(2,3)13-12(11-18)21-14(19-13)17(20-6)9-7-16(4,5)8-10-17/h7-11,18H2,1-6H3. The molecule has 0 unspecified atom stereocenters. The maximum Gasteiger partial charge on any atom is 0.125 e. The van der Waals surface area contributed by atoms with Gasteiger partial charge in [0.15, 0.2) is 0 Å². The van der Waals surface area contributed by atoms with Crippen LogP contribution in [0.1, 0.15) is 75.9 Å². The molecular formula is C17H30N2OS. The smallest absolute Gasteiger partial charge is 0.125 e. The lowest BCUT2D eigenvalue weighted by Crippen LogP contribution is -2.36. The van der Waals surface area contributed by atoms with Crippen molar-refractivity contribution in [3.63, 3.8) is 0 Å². The van der Waals surface area contributed by atoms with E-state index in [1.807, 2.05) is 7.11 Å². The molecule has 1 aliphatic rings. The maximum atomic E-state index is 5.99. The van der Waals surface area contributed by atoms with Crippen LogP contribution in [0.4, 0.5) is 0 Å². The number of nitrogens with two attached hydrogens (primary N) is 1. The van der Waals surface area contributed by atoms with Crippen molar-refractivity contribution < 1.29 is 4.74 Å². The summed E-state index contributed by atoms with van der Waals surface area (Å²) < 4.78 is 5.99. The van der Waals surface area contributed by atoms with Gasteiger partial charge in [-0.25, -0.2) is 4.98 Å². The van der Waals surface area contributed by atoms with Gasteiger partial charge in [0.25, 0.3) is 0 Å². The fourth-order valence-corrected chi connectivity index (χ4v) is 4.48. The number of aromatic nitrogens is 1. The molecule has 0 amide bonds. The molecule has 0 bridgehead atoms. The molecule has 3 nitrogen and oxygen atoms in total. The first-order valence-electron chi connectivity index (χ1n) is 7.89. The van der Waals surface area contributed by atoms with Crippen LogP contribution >= 0.6 is 11.3 Å². The lowest BCUT2D eigenvalue weighted by atomic mass is 9.71. The Hall–Kier alpha value is -0.450. The van der Waals surface area contributed by atoms with Crippen molar-refractivity contribution in [3.8, 4) is 0 Å². The Morgan fingerprint density at radius 3 is 2.14 bits per heavy atom. The van der Waals surface area contributed by atoms with Gasteiger partial charge in [0, 0.05) is 23.9 Å². The second-order valence-corrected chi connectivity index (χ2v) is 9.19. The van der Waals surface area contributed by atoms with Crippen LogP contribution in [0.3, 0.4) is 0 Å². The van der Waals surface area contributed by atoms with Crippen LogP contribution in [-0.4, -0.2) is 12.1 Å². The van der Waals surface area contributed by atoms with Gasteiger partial charge in [0.2, 0.25) is 0 Å². The molecule has 1 aromatic rings. The molecule has 0 atom stereocenters. The molecule has 1 aromatic heterocycles. The molecule has 0 aromatic carbocycles. The molecule has 1 fully saturated rings. The minimum atomic E-state index is -0.201. The van der Waals surface area contributed by atoms with E-state index in [2.05, 4.69) is 34.6 Å². The summed E-state index contributed by atoms with van der Waals surface area (Å²) in [5, 5.41) is 1.13. The summed E-state index contributed by atoms with van der Waals surface area (Å²) in [5.74, 6) is 0. The van der Waals surface area contributed by atoms with E-state index in [1.165, 1.54) is 17.7 Å². The highest BCUT2D eigenvalue weighted by Gasteiger charge is 2.43. The molecule has 0 radical (unpaired) electrons. The van der Waals surface area contributed by atoms with E-state index in [0.717, 1.165) is 23.5 Å². The minimum Gasteiger partial charge on any atom is -0.371 e. The molecule has 1 saturated carbocycles. The molecular weight excluding hydrogens is 280 g/mol. The molecule has 21 heavy (non-hydrogen) atoms. The highest BCUT2D eigenvalue weighted by Crippen LogP contribution is 2.49. The van der Waals surface area contributed by atoms with Crippen molar-refractivity contribution >= 4 is 11.3 Å². The normalized spacial score (nSPS) is 21.5. The van der Waals surface area contributed by atoms with Crippen molar-refractivity contribution in [1.82, 2.24) is 4.98 Å². The predicted molar refractivity (Wildman–Crippen MR) is 89.6 cm³/mol. The Morgan fingerprint density at radius 2 is 1.76 bits per heavy atom. The van der Waals surface area contributed by atoms with Crippen molar-refractivity contribution in [3.05, 3.63) is 15.6 Å². The van der Waals surface area contributed by atoms with E-state index in [9.17, 15) is 0 Å². The van der Waals surface area contributed by atoms with Gasteiger partial charge in [-0.3, -0.25) is 0 Å². The fraction of sp³-hybridized carbons (Fsp3) is 0.824. The average molecular weight is 311 g/mol. The Bertz CT molecular complexity index is 489. The van der Waals surface area contributed by atoms with Crippen molar-refractivity contribution in [2.24, 2.45) is 11.1 Å². The number of nitrogens with zero attached hydrogens (tertiary/aromatic N) is 1. The molecule has 0 spiro atoms. The third-order valence-electron chi connectivity index (χ3n) is 4.78. The number of rotatable bonds is 3. The summed E-state index contributed by atoms with van der Waals surface area (Å²) in [6.07, 6.45) is 4.47. The molecule has 0 saturated heterocycles. The average Bonchev–Trinajstić information content (AvgIpc) is 2.84. The first-order valence-corrected chi connectivity index (χ1v) is 8.71.